The molecule has 3 aromatic heterocycles. The van der Waals surface area contributed by atoms with E-state index in [4.69, 9.17) is 28.9 Å². The fourth-order valence-electron chi connectivity index (χ4n) is 2.73. The molecule has 0 amide bonds. The van der Waals surface area contributed by atoms with Crippen molar-refractivity contribution in [3.05, 3.63) is 46.8 Å². The molecule has 0 radical (unpaired) electrons. The maximum absolute atomic E-state index is 6.35. The zero-order valence-corrected chi connectivity index (χ0v) is 14.1. The van der Waals surface area contributed by atoms with E-state index in [1.165, 1.54) is 0 Å². The standard InChI is InChI=1S/C16H12Cl2N6/c1-20-15-8(13-9(17)3-2-4-10(13)18)5-11-16(23-15)24-7-21-6-12(24)14(19)22-11/h2-7H,1H3,(H2,19,22)(H,20,23). The monoisotopic (exact) mass is 358 g/mol. The van der Waals surface area contributed by atoms with Crippen molar-refractivity contribution in [3.8, 4) is 11.1 Å². The van der Waals surface area contributed by atoms with Gasteiger partial charge in [0, 0.05) is 18.2 Å². The summed E-state index contributed by atoms with van der Waals surface area (Å²) in [7, 11) is 1.79. The molecule has 4 aromatic rings. The zero-order chi connectivity index (χ0) is 16.8. The van der Waals surface area contributed by atoms with Crippen LogP contribution >= 0.6 is 23.2 Å². The van der Waals surface area contributed by atoms with E-state index in [0.717, 1.165) is 5.56 Å². The number of halogens is 2. The molecule has 0 aliphatic heterocycles. The Balaban J connectivity index is 2.12. The lowest BCUT2D eigenvalue weighted by Gasteiger charge is -2.14. The maximum atomic E-state index is 6.35. The van der Waals surface area contributed by atoms with E-state index in [0.29, 0.717) is 43.9 Å². The van der Waals surface area contributed by atoms with Crippen LogP contribution in [0.3, 0.4) is 0 Å². The Bertz CT molecular complexity index is 1070. The van der Waals surface area contributed by atoms with E-state index in [1.54, 1.807) is 42.2 Å². The quantitative estimate of drug-likeness (QED) is 0.568. The van der Waals surface area contributed by atoms with Crippen molar-refractivity contribution in [2.75, 3.05) is 18.1 Å². The number of pyridine rings is 1. The summed E-state index contributed by atoms with van der Waals surface area (Å²) in [6.45, 7) is 0. The number of nitrogens with zero attached hydrogens (tertiary/aromatic N) is 4. The van der Waals surface area contributed by atoms with Gasteiger partial charge in [-0.1, -0.05) is 29.3 Å². The molecule has 6 nitrogen and oxygen atoms in total. The fraction of sp³-hybridized carbons (Fsp3) is 0.0625. The summed E-state index contributed by atoms with van der Waals surface area (Å²) in [5.41, 5.74) is 9.46. The van der Waals surface area contributed by atoms with Crippen molar-refractivity contribution in [2.24, 2.45) is 0 Å². The number of nitrogen functional groups attached to an aromatic ring is 1. The summed E-state index contributed by atoms with van der Waals surface area (Å²) < 4.78 is 1.80. The van der Waals surface area contributed by atoms with Gasteiger partial charge in [-0.3, -0.25) is 4.40 Å². The minimum Gasteiger partial charge on any atom is -0.382 e. The average Bonchev–Trinajstić information content (AvgIpc) is 3.05. The molecular weight excluding hydrogens is 347 g/mol. The van der Waals surface area contributed by atoms with Crippen LogP contribution in [0.5, 0.6) is 0 Å². The Hall–Kier alpha value is -2.57. The van der Waals surface area contributed by atoms with Crippen LogP contribution in [0.2, 0.25) is 10.0 Å². The zero-order valence-electron chi connectivity index (χ0n) is 12.6. The normalized spacial score (nSPS) is 11.3. The molecule has 0 saturated heterocycles. The van der Waals surface area contributed by atoms with Crippen molar-refractivity contribution >= 4 is 51.5 Å². The summed E-state index contributed by atoms with van der Waals surface area (Å²) in [5, 5.41) is 4.17. The molecule has 3 N–H and O–H groups in total. The molecule has 0 aliphatic carbocycles. The van der Waals surface area contributed by atoms with Crippen LogP contribution in [-0.2, 0) is 0 Å². The number of benzene rings is 1. The average molecular weight is 359 g/mol. The molecule has 0 atom stereocenters. The summed E-state index contributed by atoms with van der Waals surface area (Å²) in [6, 6.07) is 7.24. The second-order valence-corrected chi connectivity index (χ2v) is 6.03. The van der Waals surface area contributed by atoms with E-state index < -0.39 is 0 Å². The first-order valence-electron chi connectivity index (χ1n) is 7.14. The number of hydrogen-bond donors (Lipinski definition) is 2. The molecule has 0 saturated carbocycles. The van der Waals surface area contributed by atoms with Crippen LogP contribution in [0.4, 0.5) is 11.6 Å². The van der Waals surface area contributed by atoms with E-state index in [2.05, 4.69) is 20.3 Å². The van der Waals surface area contributed by atoms with Crippen molar-refractivity contribution in [3.63, 3.8) is 0 Å². The third-order valence-corrected chi connectivity index (χ3v) is 4.45. The van der Waals surface area contributed by atoms with Crippen LogP contribution in [0.1, 0.15) is 0 Å². The Labute approximate surface area is 147 Å². The van der Waals surface area contributed by atoms with Crippen molar-refractivity contribution < 1.29 is 0 Å². The summed E-state index contributed by atoms with van der Waals surface area (Å²) >= 11 is 12.7. The van der Waals surface area contributed by atoms with E-state index >= 15 is 0 Å². The summed E-state index contributed by atoms with van der Waals surface area (Å²) in [6.07, 6.45) is 3.31. The Morgan fingerprint density at radius 2 is 1.92 bits per heavy atom. The molecule has 1 aromatic carbocycles. The molecule has 0 fully saturated rings. The van der Waals surface area contributed by atoms with Crippen LogP contribution in [0.25, 0.3) is 27.8 Å². The highest BCUT2D eigenvalue weighted by atomic mass is 35.5. The highest BCUT2D eigenvalue weighted by molar-refractivity contribution is 6.39. The Kier molecular flexibility index (Phi) is 3.44. The number of anilines is 2. The van der Waals surface area contributed by atoms with Gasteiger partial charge in [0.2, 0.25) is 0 Å². The first kappa shape index (κ1) is 15.0. The maximum Gasteiger partial charge on any atom is 0.167 e. The molecule has 0 unspecified atom stereocenters. The van der Waals surface area contributed by atoms with E-state index in [-0.39, 0.29) is 0 Å². The van der Waals surface area contributed by atoms with Crippen LogP contribution in [0, 0.1) is 0 Å². The van der Waals surface area contributed by atoms with Gasteiger partial charge in [-0.25, -0.2) is 15.0 Å². The molecule has 3 heterocycles. The summed E-state index contributed by atoms with van der Waals surface area (Å²) in [5.74, 6) is 1.02. The number of nitrogens with two attached hydrogens (primary N) is 1. The highest BCUT2D eigenvalue weighted by Gasteiger charge is 2.17. The largest absolute Gasteiger partial charge is 0.382 e. The van der Waals surface area contributed by atoms with Crippen LogP contribution in [0.15, 0.2) is 36.8 Å². The molecule has 8 heteroatoms. The second kappa shape index (κ2) is 5.51. The van der Waals surface area contributed by atoms with E-state index in [1.807, 2.05) is 6.07 Å². The van der Waals surface area contributed by atoms with Gasteiger partial charge in [0.1, 0.15) is 29.0 Å². The van der Waals surface area contributed by atoms with Crippen molar-refractivity contribution in [2.45, 2.75) is 0 Å². The summed E-state index contributed by atoms with van der Waals surface area (Å²) in [4.78, 5) is 13.2. The van der Waals surface area contributed by atoms with Gasteiger partial charge in [0.05, 0.1) is 16.2 Å². The third-order valence-electron chi connectivity index (χ3n) is 3.82. The first-order valence-corrected chi connectivity index (χ1v) is 7.90. The lowest BCUT2D eigenvalue weighted by molar-refractivity contribution is 1.14. The van der Waals surface area contributed by atoms with E-state index in [9.17, 15) is 0 Å². The molecule has 0 bridgehead atoms. The fourth-order valence-corrected chi connectivity index (χ4v) is 3.33. The van der Waals surface area contributed by atoms with Gasteiger partial charge in [0.25, 0.3) is 0 Å². The van der Waals surface area contributed by atoms with Crippen LogP contribution < -0.4 is 11.1 Å². The predicted octanol–water partition coefficient (Wildman–Crippen LogP) is 3.88. The molecule has 0 spiro atoms. The lowest BCUT2D eigenvalue weighted by Crippen LogP contribution is -2.03. The minimum atomic E-state index is 0.384. The van der Waals surface area contributed by atoms with Gasteiger partial charge >= 0.3 is 0 Å². The van der Waals surface area contributed by atoms with Crippen molar-refractivity contribution in [1.29, 1.82) is 0 Å². The van der Waals surface area contributed by atoms with Gasteiger partial charge in [-0.15, -0.1) is 0 Å². The van der Waals surface area contributed by atoms with Gasteiger partial charge < -0.3 is 11.1 Å². The van der Waals surface area contributed by atoms with Crippen molar-refractivity contribution in [1.82, 2.24) is 19.4 Å². The highest BCUT2D eigenvalue weighted by Crippen LogP contribution is 2.39. The van der Waals surface area contributed by atoms with Gasteiger partial charge in [-0.05, 0) is 18.2 Å². The Morgan fingerprint density at radius 3 is 2.62 bits per heavy atom. The molecule has 120 valence electrons. The first-order chi connectivity index (χ1) is 11.6. The Morgan fingerprint density at radius 1 is 1.17 bits per heavy atom. The predicted molar refractivity (Wildman–Crippen MR) is 97.7 cm³/mol. The number of fused-ring (bicyclic) bond motifs is 3. The number of aromatic nitrogens is 4. The molecular formula is C16H12Cl2N6. The SMILES string of the molecule is CNc1nc2c(cc1-c1c(Cl)cccc1Cl)nc(N)c1cncn12. The topological polar surface area (TPSA) is 81.1 Å². The molecule has 4 rings (SSSR count). The molecule has 0 aliphatic rings. The van der Waals surface area contributed by atoms with Gasteiger partial charge in [-0.2, -0.15) is 0 Å². The number of nitrogens with one attached hydrogen (secondary N) is 1. The third kappa shape index (κ3) is 2.15. The number of imidazole rings is 1. The minimum absolute atomic E-state index is 0.384. The smallest absolute Gasteiger partial charge is 0.167 e. The second-order valence-electron chi connectivity index (χ2n) is 5.22. The molecule has 24 heavy (non-hydrogen) atoms. The van der Waals surface area contributed by atoms with Crippen LogP contribution in [-0.4, -0.2) is 26.4 Å². The number of hydrogen-bond acceptors (Lipinski definition) is 5. The van der Waals surface area contributed by atoms with Gasteiger partial charge in [0.15, 0.2) is 5.65 Å². The lowest BCUT2D eigenvalue weighted by atomic mass is 10.1. The number of rotatable bonds is 2.